The predicted octanol–water partition coefficient (Wildman–Crippen LogP) is 4.60. The fourth-order valence-electron chi connectivity index (χ4n) is 7.98. The third-order valence-electron chi connectivity index (χ3n) is 11.1. The molecule has 14 nitrogen and oxygen atoms in total. The van der Waals surface area contributed by atoms with Gasteiger partial charge in [0.1, 0.15) is 17.1 Å². The van der Waals surface area contributed by atoms with Gasteiger partial charge in [-0.15, -0.1) is 0 Å². The van der Waals surface area contributed by atoms with Crippen LogP contribution in [0.4, 0.5) is 10.1 Å². The minimum Gasteiger partial charge on any atom is -0.490 e. The zero-order chi connectivity index (χ0) is 38.3. The summed E-state index contributed by atoms with van der Waals surface area (Å²) in [5.41, 5.74) is 2.16. The van der Waals surface area contributed by atoms with Gasteiger partial charge in [-0.2, -0.15) is 5.10 Å². The quantitative estimate of drug-likeness (QED) is 0.206. The number of anilines is 1. The van der Waals surface area contributed by atoms with Gasteiger partial charge in [0, 0.05) is 62.7 Å². The first-order chi connectivity index (χ1) is 26.5. The lowest BCUT2D eigenvalue weighted by Crippen LogP contribution is -2.49. The van der Waals surface area contributed by atoms with Crippen molar-refractivity contribution in [2.45, 2.75) is 76.0 Å². The summed E-state index contributed by atoms with van der Waals surface area (Å²) >= 11 is 0. The molecule has 3 aliphatic heterocycles. The largest absolute Gasteiger partial charge is 0.490 e. The maximum Gasteiger partial charge on any atom is 0.268 e. The number of likely N-dealkylation sites (tertiary alicyclic amines) is 2. The molecule has 5 aromatic rings. The molecule has 7 heterocycles. The minimum atomic E-state index is -2.19. The van der Waals surface area contributed by atoms with E-state index in [1.807, 2.05) is 41.5 Å². The molecule has 0 spiro atoms. The first-order valence-electron chi connectivity index (χ1n) is 19.0. The third-order valence-corrected chi connectivity index (χ3v) is 11.1. The van der Waals surface area contributed by atoms with E-state index in [4.69, 9.17) is 9.72 Å². The van der Waals surface area contributed by atoms with Crippen molar-refractivity contribution in [2.24, 2.45) is 0 Å². The highest BCUT2D eigenvalue weighted by Gasteiger charge is 2.44. The van der Waals surface area contributed by atoms with Crippen LogP contribution in [-0.2, 0) is 20.1 Å². The van der Waals surface area contributed by atoms with Crippen LogP contribution < -0.4 is 15.4 Å². The summed E-state index contributed by atoms with van der Waals surface area (Å²) in [5.74, 6) is -0.669. The van der Waals surface area contributed by atoms with Gasteiger partial charge in [-0.05, 0) is 75.7 Å². The second-order valence-electron chi connectivity index (χ2n) is 15.1. The number of carbonyl (C=O) groups is 4. The molecule has 2 N–H and O–H groups in total. The zero-order valence-corrected chi connectivity index (χ0v) is 30.9. The lowest BCUT2D eigenvalue weighted by Gasteiger charge is -2.35. The second-order valence-corrected chi connectivity index (χ2v) is 15.1. The zero-order valence-electron chi connectivity index (χ0n) is 30.9. The molecule has 0 bridgehead atoms. The highest BCUT2D eigenvalue weighted by molar-refractivity contribution is 6.07. The highest BCUT2D eigenvalue weighted by Crippen LogP contribution is 2.36. The fourth-order valence-corrected chi connectivity index (χ4v) is 7.98. The number of pyridine rings is 1. The molecular formula is C40H44FN9O5. The van der Waals surface area contributed by atoms with Gasteiger partial charge in [-0.25, -0.2) is 18.9 Å². The van der Waals surface area contributed by atoms with Crippen LogP contribution >= 0.6 is 0 Å². The minimum absolute atomic E-state index is 0.0222. The summed E-state index contributed by atoms with van der Waals surface area (Å²) < 4.78 is 25.0. The number of piperidine rings is 3. The standard InChI is InChI=1S/C40H44FN9O5/c1-25(2)55-33-20-34-44-32(23-49(34)22-30(33)38(53)45-31-21-43-50-15-3-14-42-37(31)50)28-11-18-48(19-12-28)36(52)24-47-16-9-27(10-17-47)26-4-6-29(7-5-26)40(41)13-8-35(51)46-39(40)54/h3-7,14-15,20-23,25,27-28H,8-13,16-19,24H2,1-2H3,(H,45,53)(H,46,51,54). The Labute approximate surface area is 317 Å². The number of halogens is 1. The van der Waals surface area contributed by atoms with Gasteiger partial charge in [-0.3, -0.25) is 29.4 Å². The smallest absolute Gasteiger partial charge is 0.268 e. The van der Waals surface area contributed by atoms with Gasteiger partial charge in [0.25, 0.3) is 11.8 Å². The number of hydrogen-bond acceptors (Lipinski definition) is 9. The molecule has 15 heteroatoms. The van der Waals surface area contributed by atoms with Crippen LogP contribution in [0.5, 0.6) is 5.75 Å². The van der Waals surface area contributed by atoms with Gasteiger partial charge < -0.3 is 19.4 Å². The van der Waals surface area contributed by atoms with Crippen molar-refractivity contribution in [3.63, 3.8) is 0 Å². The summed E-state index contributed by atoms with van der Waals surface area (Å²) in [5, 5.41) is 9.30. The van der Waals surface area contributed by atoms with Gasteiger partial charge in [0.2, 0.25) is 17.5 Å². The summed E-state index contributed by atoms with van der Waals surface area (Å²) in [7, 11) is 0. The van der Waals surface area contributed by atoms with Crippen molar-refractivity contribution in [3.8, 4) is 5.75 Å². The number of fused-ring (bicyclic) bond motifs is 2. The molecule has 1 aromatic carbocycles. The Morgan fingerprint density at radius 1 is 1.04 bits per heavy atom. The van der Waals surface area contributed by atoms with E-state index in [-0.39, 0.29) is 48.2 Å². The molecular weight excluding hydrogens is 705 g/mol. The van der Waals surface area contributed by atoms with Gasteiger partial charge in [-0.1, -0.05) is 24.3 Å². The molecule has 1 unspecified atom stereocenters. The number of ether oxygens (including phenoxy) is 1. The Morgan fingerprint density at radius 2 is 1.78 bits per heavy atom. The number of hydrogen-bond donors (Lipinski definition) is 2. The number of carbonyl (C=O) groups excluding carboxylic acids is 4. The molecule has 286 valence electrons. The summed E-state index contributed by atoms with van der Waals surface area (Å²) in [4.78, 5) is 64.1. The van der Waals surface area contributed by atoms with E-state index in [1.54, 1.807) is 53.6 Å². The van der Waals surface area contributed by atoms with E-state index < -0.39 is 17.5 Å². The van der Waals surface area contributed by atoms with E-state index >= 15 is 4.39 Å². The van der Waals surface area contributed by atoms with Gasteiger partial charge in [0.15, 0.2) is 5.65 Å². The van der Waals surface area contributed by atoms with Crippen LogP contribution in [0, 0.1) is 0 Å². The molecule has 3 fully saturated rings. The van der Waals surface area contributed by atoms with Crippen LogP contribution in [0.25, 0.3) is 11.3 Å². The van der Waals surface area contributed by atoms with Crippen molar-refractivity contribution in [1.29, 1.82) is 0 Å². The number of benzene rings is 1. The molecule has 0 saturated carbocycles. The summed E-state index contributed by atoms with van der Waals surface area (Å²) in [6.45, 7) is 7.05. The van der Waals surface area contributed by atoms with Crippen molar-refractivity contribution >= 4 is 40.6 Å². The normalized spacial score (nSPS) is 20.3. The number of imide groups is 1. The van der Waals surface area contributed by atoms with Crippen molar-refractivity contribution in [3.05, 3.63) is 89.8 Å². The molecule has 8 rings (SSSR count). The average Bonchev–Trinajstić information content (AvgIpc) is 3.80. The number of alkyl halides is 1. The van der Waals surface area contributed by atoms with Crippen LogP contribution in [0.2, 0.25) is 0 Å². The van der Waals surface area contributed by atoms with Gasteiger partial charge in [0.05, 0.1) is 30.1 Å². The van der Waals surface area contributed by atoms with Crippen molar-refractivity contribution in [2.75, 3.05) is 38.0 Å². The number of imidazole rings is 1. The monoisotopic (exact) mass is 749 g/mol. The molecule has 4 amide bonds. The molecule has 1 atom stereocenters. The molecule has 4 aromatic heterocycles. The first-order valence-corrected chi connectivity index (χ1v) is 19.0. The van der Waals surface area contributed by atoms with E-state index in [1.165, 1.54) is 0 Å². The highest BCUT2D eigenvalue weighted by atomic mass is 19.1. The van der Waals surface area contributed by atoms with Crippen molar-refractivity contribution in [1.82, 2.24) is 39.1 Å². The average molecular weight is 750 g/mol. The van der Waals surface area contributed by atoms with Crippen LogP contribution in [0.3, 0.4) is 0 Å². The number of nitrogens with zero attached hydrogens (tertiary/aromatic N) is 7. The Bertz CT molecular complexity index is 2250. The van der Waals surface area contributed by atoms with E-state index in [0.29, 0.717) is 47.9 Å². The Balaban J connectivity index is 0.851. The molecule has 55 heavy (non-hydrogen) atoms. The molecule has 0 aliphatic carbocycles. The Hall–Kier alpha value is -5.70. The maximum atomic E-state index is 15.5. The number of nitrogens with one attached hydrogen (secondary N) is 2. The lowest BCUT2D eigenvalue weighted by molar-refractivity contribution is -0.144. The fraction of sp³-hybridized carbons (Fsp3) is 0.425. The number of amides is 4. The summed E-state index contributed by atoms with van der Waals surface area (Å²) in [6.07, 6.45) is 11.7. The topological polar surface area (TPSA) is 156 Å². The van der Waals surface area contributed by atoms with Crippen LogP contribution in [-0.4, -0.2) is 96.2 Å². The second kappa shape index (κ2) is 14.9. The summed E-state index contributed by atoms with van der Waals surface area (Å²) in [6, 6.07) is 10.7. The van der Waals surface area contributed by atoms with E-state index in [2.05, 4.69) is 25.6 Å². The predicted molar refractivity (Wildman–Crippen MR) is 200 cm³/mol. The first kappa shape index (κ1) is 36.3. The van der Waals surface area contributed by atoms with Crippen LogP contribution in [0.15, 0.2) is 67.4 Å². The third kappa shape index (κ3) is 7.40. The van der Waals surface area contributed by atoms with Crippen LogP contribution in [0.1, 0.15) is 91.4 Å². The molecule has 3 saturated heterocycles. The van der Waals surface area contributed by atoms with E-state index in [9.17, 15) is 19.2 Å². The van der Waals surface area contributed by atoms with E-state index in [0.717, 1.165) is 50.0 Å². The Kier molecular flexibility index (Phi) is 9.80. The molecule has 0 radical (unpaired) electrons. The SMILES string of the molecule is CC(C)Oc1cc2nc(C3CCN(C(=O)CN4CCC(c5ccc(C6(F)CCC(=O)NC6=O)cc5)CC4)CC3)cn2cc1C(=O)Nc1cnn2cccnc12. The van der Waals surface area contributed by atoms with Crippen molar-refractivity contribution < 1.29 is 28.3 Å². The lowest BCUT2D eigenvalue weighted by atomic mass is 9.84. The van der Waals surface area contributed by atoms with Gasteiger partial charge >= 0.3 is 0 Å². The number of aromatic nitrogens is 5. The Morgan fingerprint density at radius 3 is 2.51 bits per heavy atom. The molecule has 3 aliphatic rings. The number of rotatable bonds is 9. The maximum absolute atomic E-state index is 15.5.